The topological polar surface area (TPSA) is 130 Å². The third kappa shape index (κ3) is 5.33. The number of ether oxygens (including phenoxy) is 2. The van der Waals surface area contributed by atoms with E-state index in [2.05, 4.69) is 4.98 Å². The summed E-state index contributed by atoms with van der Waals surface area (Å²) in [5, 5.41) is 12.6. The van der Waals surface area contributed by atoms with Gasteiger partial charge < -0.3 is 14.6 Å². The van der Waals surface area contributed by atoms with Crippen molar-refractivity contribution in [1.29, 1.82) is 0 Å². The standard InChI is InChI=1S/C36H30Cl2F4N4O7/c1-35-20(32(49)45(34(35)51)15-5-9-23(39)22(38)11-15)14-19-17(29(35)28-24(47)12-16(52-3)13-25(28)53-4)6-7-18-27(19)33(50)46(31(18)48)44(2)30-21(37)8-10-26(43-30)36(40,41)42/h5-6,8-13,18-20,27,29,47H,7,14H2,1-4H3/t18-,19+,20-,27-,29+,35+/m0/s1. The van der Waals surface area contributed by atoms with Gasteiger partial charge in [-0.1, -0.05) is 34.9 Å². The van der Waals surface area contributed by atoms with Crippen LogP contribution in [0.25, 0.3) is 0 Å². The van der Waals surface area contributed by atoms with Crippen molar-refractivity contribution < 1.29 is 51.3 Å². The minimum atomic E-state index is -4.85. The van der Waals surface area contributed by atoms with Crippen LogP contribution in [0.2, 0.25) is 10.0 Å². The minimum Gasteiger partial charge on any atom is -0.507 e. The number of aromatic nitrogens is 1. The lowest BCUT2D eigenvalue weighted by Gasteiger charge is -2.49. The SMILES string of the molecule is COc1cc(O)c([C@H]2C3=CC[C@@H]4C(=O)N(N(C)c5nc(C(F)(F)F)ccc5Cl)C(=O)[C@@H]4[C@@H]3C[C@H]3C(=O)N(c4ccc(F)c(Cl)c4)C(=O)[C@@]23C)c(OC)c1. The van der Waals surface area contributed by atoms with E-state index >= 15 is 0 Å². The van der Waals surface area contributed by atoms with Crippen LogP contribution in [0.3, 0.4) is 0 Å². The summed E-state index contributed by atoms with van der Waals surface area (Å²) < 4.78 is 66.0. The molecule has 4 amide bonds. The van der Waals surface area contributed by atoms with Crippen molar-refractivity contribution in [3.05, 3.63) is 81.2 Å². The van der Waals surface area contributed by atoms with Crippen LogP contribution in [-0.2, 0) is 25.4 Å². The van der Waals surface area contributed by atoms with E-state index in [1.165, 1.54) is 39.5 Å². The molecule has 0 unspecified atom stereocenters. The first kappa shape index (κ1) is 36.5. The molecular formula is C36H30Cl2F4N4O7. The number of amides is 4. The highest BCUT2D eigenvalue weighted by atomic mass is 35.5. The predicted molar refractivity (Wildman–Crippen MR) is 182 cm³/mol. The lowest BCUT2D eigenvalue weighted by molar-refractivity contribution is -0.141. The van der Waals surface area contributed by atoms with E-state index in [-0.39, 0.29) is 51.4 Å². The number of hydrogen-bond donors (Lipinski definition) is 1. The molecule has 3 heterocycles. The molecule has 3 aromatic rings. The molecule has 17 heteroatoms. The van der Waals surface area contributed by atoms with Crippen molar-refractivity contribution in [1.82, 2.24) is 9.99 Å². The molecule has 0 bridgehead atoms. The van der Waals surface area contributed by atoms with Gasteiger partial charge in [0.25, 0.3) is 11.8 Å². The Labute approximate surface area is 309 Å². The smallest absolute Gasteiger partial charge is 0.433 e. The van der Waals surface area contributed by atoms with Gasteiger partial charge in [-0.2, -0.15) is 18.2 Å². The van der Waals surface area contributed by atoms with Crippen LogP contribution in [0, 0.1) is 34.9 Å². The average molecular weight is 778 g/mol. The van der Waals surface area contributed by atoms with Crippen LogP contribution in [0.5, 0.6) is 17.2 Å². The Morgan fingerprint density at radius 2 is 1.68 bits per heavy atom. The number of rotatable bonds is 6. The molecule has 2 saturated heterocycles. The average Bonchev–Trinajstić information content (AvgIpc) is 3.48. The first-order valence-electron chi connectivity index (χ1n) is 16.3. The number of pyridine rings is 1. The fourth-order valence-electron chi connectivity index (χ4n) is 8.55. The van der Waals surface area contributed by atoms with Crippen LogP contribution in [0.4, 0.5) is 29.1 Å². The largest absolute Gasteiger partial charge is 0.507 e. The lowest BCUT2D eigenvalue weighted by Crippen LogP contribution is -2.49. The summed E-state index contributed by atoms with van der Waals surface area (Å²) in [7, 11) is 3.92. The highest BCUT2D eigenvalue weighted by molar-refractivity contribution is 6.33. The van der Waals surface area contributed by atoms with Crippen LogP contribution in [0.1, 0.15) is 36.9 Å². The molecule has 2 aliphatic heterocycles. The van der Waals surface area contributed by atoms with Crippen molar-refractivity contribution >= 4 is 58.3 Å². The molecule has 11 nitrogen and oxygen atoms in total. The summed E-state index contributed by atoms with van der Waals surface area (Å²) in [6, 6.07) is 7.85. The van der Waals surface area contributed by atoms with E-state index < -0.39 is 82.1 Å². The second kappa shape index (κ2) is 12.6. The number of imide groups is 2. The zero-order chi connectivity index (χ0) is 38.5. The molecule has 4 aliphatic rings. The van der Waals surface area contributed by atoms with E-state index in [4.69, 9.17) is 32.7 Å². The summed E-state index contributed by atoms with van der Waals surface area (Å²) in [6.45, 7) is 1.57. The third-order valence-electron chi connectivity index (χ3n) is 11.0. The van der Waals surface area contributed by atoms with E-state index in [1.807, 2.05) is 0 Å². The number of aromatic hydroxyl groups is 1. The van der Waals surface area contributed by atoms with Crippen molar-refractivity contribution in [2.24, 2.45) is 29.1 Å². The fourth-order valence-corrected chi connectivity index (χ4v) is 8.95. The fraction of sp³-hybridized carbons (Fsp3) is 0.361. The number of carbonyl (C=O) groups is 4. The Morgan fingerprint density at radius 3 is 2.32 bits per heavy atom. The maximum Gasteiger partial charge on any atom is 0.433 e. The van der Waals surface area contributed by atoms with Gasteiger partial charge in [-0.25, -0.2) is 14.3 Å². The molecule has 1 aromatic heterocycles. The Morgan fingerprint density at radius 1 is 0.962 bits per heavy atom. The maximum atomic E-state index is 14.7. The van der Waals surface area contributed by atoms with Crippen molar-refractivity contribution in [3.63, 3.8) is 0 Å². The van der Waals surface area contributed by atoms with Crippen LogP contribution >= 0.6 is 23.2 Å². The Balaban J connectivity index is 1.37. The first-order valence-corrected chi connectivity index (χ1v) is 17.0. The minimum absolute atomic E-state index is 0.00640. The number of allylic oxidation sites excluding steroid dienone is 2. The van der Waals surface area contributed by atoms with Crippen molar-refractivity contribution in [2.45, 2.75) is 31.9 Å². The number of hydrogen-bond acceptors (Lipinski definition) is 9. The van der Waals surface area contributed by atoms with Crippen molar-refractivity contribution in [2.75, 3.05) is 31.2 Å². The number of anilines is 2. The Bertz CT molecular complexity index is 2150. The maximum absolute atomic E-state index is 14.7. The van der Waals surface area contributed by atoms with E-state index in [9.17, 15) is 41.8 Å². The van der Waals surface area contributed by atoms with Gasteiger partial charge in [-0.15, -0.1) is 0 Å². The van der Waals surface area contributed by atoms with E-state index in [0.29, 0.717) is 16.6 Å². The van der Waals surface area contributed by atoms with Gasteiger partial charge in [-0.3, -0.25) is 24.2 Å². The van der Waals surface area contributed by atoms with Crippen LogP contribution < -0.4 is 19.4 Å². The molecule has 0 radical (unpaired) electrons. The first-order chi connectivity index (χ1) is 24.9. The summed E-state index contributed by atoms with van der Waals surface area (Å²) in [4.78, 5) is 62.1. The zero-order valence-corrected chi connectivity index (χ0v) is 29.9. The monoisotopic (exact) mass is 776 g/mol. The zero-order valence-electron chi connectivity index (χ0n) is 28.4. The van der Waals surface area contributed by atoms with Gasteiger partial charge in [0.2, 0.25) is 11.8 Å². The molecule has 1 N–H and O–H groups in total. The quantitative estimate of drug-likeness (QED) is 0.168. The molecule has 0 spiro atoms. The van der Waals surface area contributed by atoms with Gasteiger partial charge in [-0.05, 0) is 56.0 Å². The number of phenols is 1. The number of halogens is 6. The van der Waals surface area contributed by atoms with Crippen LogP contribution in [0.15, 0.2) is 54.1 Å². The number of hydrazine groups is 1. The second-order valence-corrected chi connectivity index (χ2v) is 14.3. The molecule has 6 atom stereocenters. The molecule has 2 aliphatic carbocycles. The predicted octanol–water partition coefficient (Wildman–Crippen LogP) is 6.55. The van der Waals surface area contributed by atoms with Gasteiger partial charge >= 0.3 is 6.18 Å². The summed E-state index contributed by atoms with van der Waals surface area (Å²) >= 11 is 12.3. The van der Waals surface area contributed by atoms with E-state index in [0.717, 1.165) is 28.1 Å². The molecule has 2 aromatic carbocycles. The highest BCUT2D eigenvalue weighted by Gasteiger charge is 2.68. The summed E-state index contributed by atoms with van der Waals surface area (Å²) in [5.41, 5.74) is -2.30. The van der Waals surface area contributed by atoms with Crippen molar-refractivity contribution in [3.8, 4) is 17.2 Å². The van der Waals surface area contributed by atoms with Crippen LogP contribution in [-0.4, -0.2) is 60.0 Å². The molecule has 7 rings (SSSR count). The molecule has 1 saturated carbocycles. The van der Waals surface area contributed by atoms with Gasteiger partial charge in [0.1, 0.15) is 28.8 Å². The number of fused-ring (bicyclic) bond motifs is 4. The van der Waals surface area contributed by atoms with Gasteiger partial charge in [0.15, 0.2) is 5.82 Å². The lowest BCUT2D eigenvalue weighted by atomic mass is 9.51. The number of carbonyl (C=O) groups excluding carboxylic acids is 4. The molecule has 53 heavy (non-hydrogen) atoms. The number of methoxy groups -OCH3 is 2. The Hall–Kier alpha value is -4.89. The van der Waals surface area contributed by atoms with Gasteiger partial charge in [0.05, 0.1) is 53.1 Å². The highest BCUT2D eigenvalue weighted by Crippen LogP contribution is 2.65. The third-order valence-corrected chi connectivity index (χ3v) is 11.6. The normalized spacial score (nSPS) is 26.7. The number of alkyl halides is 3. The molecular weight excluding hydrogens is 747 g/mol. The van der Waals surface area contributed by atoms with E-state index in [1.54, 1.807) is 13.0 Å². The number of nitrogens with zero attached hydrogens (tertiary/aromatic N) is 4. The van der Waals surface area contributed by atoms with Gasteiger partial charge in [0, 0.05) is 30.7 Å². The molecule has 3 fully saturated rings. The second-order valence-electron chi connectivity index (χ2n) is 13.5. The summed E-state index contributed by atoms with van der Waals surface area (Å²) in [6.07, 6.45) is -3.26. The number of benzene rings is 2. The summed E-state index contributed by atoms with van der Waals surface area (Å²) in [5.74, 6) is -9.39. The Kier molecular flexibility index (Phi) is 8.68. The molecule has 278 valence electrons. The number of phenolic OH excluding ortho intramolecular Hbond substituents is 1.